The lowest BCUT2D eigenvalue weighted by Gasteiger charge is -2.46. The van der Waals surface area contributed by atoms with E-state index in [2.05, 4.69) is 4.99 Å². The molecular weight excluding hydrogens is 688 g/mol. The summed E-state index contributed by atoms with van der Waals surface area (Å²) in [6.07, 6.45) is 4.06. The zero-order chi connectivity index (χ0) is 40.0. The maximum atomic E-state index is 13.8. The third-order valence-electron chi connectivity index (χ3n) is 11.1. The van der Waals surface area contributed by atoms with Crippen molar-refractivity contribution in [2.24, 2.45) is 22.7 Å². The molecule has 0 saturated carbocycles. The summed E-state index contributed by atoms with van der Waals surface area (Å²) in [6.45, 7) is 16.5. The maximum absolute atomic E-state index is 13.8. The van der Waals surface area contributed by atoms with E-state index in [-0.39, 0.29) is 37.2 Å². The lowest BCUT2D eigenvalue weighted by molar-refractivity contribution is -0.284. The van der Waals surface area contributed by atoms with E-state index in [9.17, 15) is 19.8 Å². The fraction of sp³-hybridized carbons (Fsp3) is 0.651. The van der Waals surface area contributed by atoms with E-state index >= 15 is 0 Å². The van der Waals surface area contributed by atoms with Gasteiger partial charge in [-0.3, -0.25) is 9.59 Å². The van der Waals surface area contributed by atoms with Crippen LogP contribution in [-0.2, 0) is 33.3 Å². The number of carbonyl (C=O) groups excluding carboxylic acids is 2. The smallest absolute Gasteiger partial charge is 0.312 e. The number of ether oxygens (including phenoxy) is 5. The first kappa shape index (κ1) is 43.7. The predicted octanol–water partition coefficient (Wildman–Crippen LogP) is 5.93. The van der Waals surface area contributed by atoms with Crippen LogP contribution in [0.1, 0.15) is 87.1 Å². The molecule has 2 N–H and O–H groups in total. The van der Waals surface area contributed by atoms with Gasteiger partial charge in [-0.05, 0) is 90.6 Å². The number of nitrogens with zero attached hydrogens (tertiary/aromatic N) is 2. The third kappa shape index (κ3) is 10.6. The minimum Gasteiger partial charge on any atom is -0.459 e. The van der Waals surface area contributed by atoms with Crippen LogP contribution in [0.3, 0.4) is 0 Å². The molecule has 12 atom stereocenters. The number of amides is 1. The number of hydrogen-bond donors (Lipinski definition) is 2. The first-order chi connectivity index (χ1) is 25.4. The van der Waals surface area contributed by atoms with Crippen molar-refractivity contribution in [1.82, 2.24) is 4.90 Å². The molecule has 3 aliphatic rings. The quantitative estimate of drug-likeness (QED) is 0.266. The van der Waals surface area contributed by atoms with Gasteiger partial charge in [0.1, 0.15) is 23.9 Å². The molecule has 300 valence electrons. The topological polar surface area (TPSA) is 136 Å². The molecule has 1 amide bonds. The van der Waals surface area contributed by atoms with Gasteiger partial charge in [0, 0.05) is 24.6 Å². The highest BCUT2D eigenvalue weighted by molar-refractivity contribution is 5.97. The minimum atomic E-state index is -1.67. The molecule has 1 aromatic rings. The Bertz CT molecular complexity index is 1550. The molecule has 3 aliphatic heterocycles. The van der Waals surface area contributed by atoms with Crippen molar-refractivity contribution >= 4 is 23.7 Å². The van der Waals surface area contributed by atoms with Crippen LogP contribution in [0.4, 0.5) is 0 Å². The number of esters is 1. The van der Waals surface area contributed by atoms with Gasteiger partial charge in [0.2, 0.25) is 5.91 Å². The summed E-state index contributed by atoms with van der Waals surface area (Å²) >= 11 is 0. The second-order valence-electron chi connectivity index (χ2n) is 16.2. The molecule has 0 spiro atoms. The van der Waals surface area contributed by atoms with Crippen LogP contribution >= 0.6 is 0 Å². The van der Waals surface area contributed by atoms with Gasteiger partial charge in [-0.1, -0.05) is 75.4 Å². The SMILES string of the molecule is CC[C@H]1OC(=O)C(C)/C=C(\C)[C@@H](O[C@@H]2O[C@H](C)C[C@H](N(C)C)[C@H]2O)[C@@]2(C)C[C@@H](C)C(=NC(C)=O)[C@H](C)[C@@H](OC/C(=C\C=C\c3ccccc3)CO2)[C@]1(C)O. The average molecular weight is 753 g/mol. The summed E-state index contributed by atoms with van der Waals surface area (Å²) in [5.41, 5.74) is 0.215. The second-order valence-corrected chi connectivity index (χ2v) is 16.2. The number of aliphatic hydroxyl groups is 2. The largest absolute Gasteiger partial charge is 0.459 e. The summed E-state index contributed by atoms with van der Waals surface area (Å²) in [4.78, 5) is 33.1. The van der Waals surface area contributed by atoms with Gasteiger partial charge in [-0.2, -0.15) is 0 Å². The van der Waals surface area contributed by atoms with Gasteiger partial charge in [-0.15, -0.1) is 0 Å². The van der Waals surface area contributed by atoms with E-state index in [4.69, 9.17) is 23.7 Å². The maximum Gasteiger partial charge on any atom is 0.312 e. The highest BCUT2D eigenvalue weighted by Gasteiger charge is 2.50. The molecule has 2 saturated heterocycles. The van der Waals surface area contributed by atoms with Crippen molar-refractivity contribution in [3.05, 3.63) is 65.3 Å². The standard InChI is InChI=1S/C43H64N2O9/c1-12-35-43(9,49)39-30(6)36(44-31(7)46)28(4)23-42(8,51-25-33(24-50-39)20-16-19-32-17-14-13-15-18-32)38(26(2)21-27(3)40(48)53-35)54-41-37(47)34(45(10)11)22-29(5)52-41/h13-21,27-30,34-35,37-39,41,47,49H,12,22-25H2,1-11H3/b19-16+,26-21+,33-20+,44-36?/t27?,28-,29-,30+,34+,35-,37-,38-,39-,41+,42-,43-/m1/s1. The number of hydrogen-bond acceptors (Lipinski definition) is 10. The van der Waals surface area contributed by atoms with Crippen LogP contribution in [0.2, 0.25) is 0 Å². The molecule has 0 radical (unpaired) electrons. The van der Waals surface area contributed by atoms with Crippen LogP contribution in [0, 0.1) is 17.8 Å². The zero-order valence-electron chi connectivity index (χ0n) is 34.2. The highest BCUT2D eigenvalue weighted by Crippen LogP contribution is 2.40. The fourth-order valence-corrected chi connectivity index (χ4v) is 8.34. The monoisotopic (exact) mass is 752 g/mol. The molecule has 0 aliphatic carbocycles. The average Bonchev–Trinajstić information content (AvgIpc) is 3.12. The molecule has 0 aromatic heterocycles. The number of cyclic esters (lactones) is 1. The second kappa shape index (κ2) is 18.7. The van der Waals surface area contributed by atoms with Crippen molar-refractivity contribution in [1.29, 1.82) is 0 Å². The Morgan fingerprint density at radius 3 is 2.43 bits per heavy atom. The molecule has 1 aromatic carbocycles. The van der Waals surface area contributed by atoms with Crippen molar-refractivity contribution in [2.45, 2.75) is 136 Å². The summed E-state index contributed by atoms with van der Waals surface area (Å²) in [6, 6.07) is 9.72. The van der Waals surface area contributed by atoms with E-state index in [1.54, 1.807) is 19.9 Å². The van der Waals surface area contributed by atoms with Gasteiger partial charge in [0.25, 0.3) is 0 Å². The summed E-state index contributed by atoms with van der Waals surface area (Å²) in [7, 11) is 3.85. The number of benzene rings is 1. The number of likely N-dealkylation sites (N-methyl/N-ethyl adjacent to an activating group) is 1. The number of aliphatic imine (C=N–C) groups is 1. The first-order valence-corrected chi connectivity index (χ1v) is 19.4. The van der Waals surface area contributed by atoms with Crippen LogP contribution in [0.15, 0.2) is 64.7 Å². The van der Waals surface area contributed by atoms with Crippen LogP contribution in [0.25, 0.3) is 6.08 Å². The Hall–Kier alpha value is -3.03. The van der Waals surface area contributed by atoms with Crippen molar-refractivity contribution < 1.29 is 43.5 Å². The van der Waals surface area contributed by atoms with E-state index in [0.29, 0.717) is 30.5 Å². The summed E-state index contributed by atoms with van der Waals surface area (Å²) < 4.78 is 33.0. The summed E-state index contributed by atoms with van der Waals surface area (Å²) in [5.74, 6) is -2.57. The number of allylic oxidation sites excluding steroid dienone is 2. The molecule has 1 unspecified atom stereocenters. The molecule has 2 bridgehead atoms. The van der Waals surface area contributed by atoms with Crippen molar-refractivity contribution in [3.8, 4) is 0 Å². The first-order valence-electron chi connectivity index (χ1n) is 19.4. The van der Waals surface area contributed by atoms with Crippen molar-refractivity contribution in [3.63, 3.8) is 0 Å². The number of fused-ring (bicyclic) bond motifs is 5. The van der Waals surface area contributed by atoms with Gasteiger partial charge in [0.05, 0.1) is 36.9 Å². The fourth-order valence-electron chi connectivity index (χ4n) is 8.34. The lowest BCUT2D eigenvalue weighted by Crippen LogP contribution is -2.58. The Kier molecular flexibility index (Phi) is 15.2. The Balaban J connectivity index is 1.96. The van der Waals surface area contributed by atoms with Gasteiger partial charge in [0.15, 0.2) is 6.29 Å². The van der Waals surface area contributed by atoms with Crippen LogP contribution < -0.4 is 0 Å². The normalized spacial score (nSPS) is 40.1. The number of carbonyl (C=O) groups is 2. The predicted molar refractivity (Wildman–Crippen MR) is 210 cm³/mol. The van der Waals surface area contributed by atoms with E-state index in [1.165, 1.54) is 6.92 Å². The Morgan fingerprint density at radius 2 is 1.80 bits per heavy atom. The van der Waals surface area contributed by atoms with Gasteiger partial charge >= 0.3 is 5.97 Å². The van der Waals surface area contributed by atoms with Gasteiger partial charge in [-0.25, -0.2) is 4.99 Å². The Labute approximate surface area is 322 Å². The molecule has 54 heavy (non-hydrogen) atoms. The summed E-state index contributed by atoms with van der Waals surface area (Å²) in [5, 5.41) is 24.0. The molecular formula is C43H64N2O9. The van der Waals surface area contributed by atoms with Crippen LogP contribution in [0.5, 0.6) is 0 Å². The lowest BCUT2D eigenvalue weighted by atomic mass is 9.75. The Morgan fingerprint density at radius 1 is 1.11 bits per heavy atom. The van der Waals surface area contributed by atoms with E-state index in [0.717, 1.165) is 11.1 Å². The third-order valence-corrected chi connectivity index (χ3v) is 11.1. The molecule has 4 rings (SSSR count). The number of rotatable bonds is 6. The minimum absolute atomic E-state index is 0.0652. The zero-order valence-corrected chi connectivity index (χ0v) is 34.2. The van der Waals surface area contributed by atoms with Gasteiger partial charge < -0.3 is 38.8 Å². The molecule has 2 fully saturated rings. The van der Waals surface area contributed by atoms with E-state index < -0.39 is 59.7 Å². The number of aliphatic hydroxyl groups excluding tert-OH is 1. The molecule has 3 heterocycles. The molecule has 11 nitrogen and oxygen atoms in total. The van der Waals surface area contributed by atoms with Crippen LogP contribution in [-0.4, -0.2) is 114 Å². The van der Waals surface area contributed by atoms with Crippen molar-refractivity contribution in [2.75, 3.05) is 27.3 Å². The highest BCUT2D eigenvalue weighted by atomic mass is 16.7. The van der Waals surface area contributed by atoms with E-state index in [1.807, 2.05) is 109 Å². The molecule has 11 heteroatoms.